The number of nitrogens with one attached hydrogen (secondary N) is 1. The number of anilines is 2. The van der Waals surface area contributed by atoms with Crippen molar-refractivity contribution in [2.24, 2.45) is 0 Å². The Morgan fingerprint density at radius 1 is 1.36 bits per heavy atom. The van der Waals surface area contributed by atoms with Gasteiger partial charge in [-0.05, 0) is 48.2 Å². The summed E-state index contributed by atoms with van der Waals surface area (Å²) in [5.74, 6) is 0.0822. The summed E-state index contributed by atoms with van der Waals surface area (Å²) in [4.78, 5) is 27.2. The van der Waals surface area contributed by atoms with Gasteiger partial charge in [-0.2, -0.15) is 5.10 Å². The Balaban J connectivity index is 1.66. The van der Waals surface area contributed by atoms with Gasteiger partial charge in [0.2, 0.25) is 5.82 Å². The topological polar surface area (TPSA) is 112 Å². The number of rotatable bonds is 5. The van der Waals surface area contributed by atoms with Gasteiger partial charge < -0.3 is 10.1 Å². The van der Waals surface area contributed by atoms with E-state index >= 15 is 0 Å². The number of hydrogen-bond donors (Lipinski definition) is 1. The predicted molar refractivity (Wildman–Crippen MR) is 101 cm³/mol. The third kappa shape index (κ3) is 3.18. The number of carbonyl (C=O) groups excluding carboxylic acids is 1. The smallest absolute Gasteiger partial charge is 0.313 e. The van der Waals surface area contributed by atoms with Crippen LogP contribution < -0.4 is 5.32 Å². The van der Waals surface area contributed by atoms with Crippen molar-refractivity contribution < 1.29 is 14.5 Å². The number of fused-ring (bicyclic) bond motifs is 1. The van der Waals surface area contributed by atoms with Gasteiger partial charge in [-0.3, -0.25) is 14.9 Å². The second-order valence-electron chi connectivity index (χ2n) is 6.40. The van der Waals surface area contributed by atoms with Crippen LogP contribution in [0.5, 0.6) is 0 Å². The molecule has 1 N–H and O–H groups in total. The molecule has 3 aromatic rings. The zero-order valence-corrected chi connectivity index (χ0v) is 15.0. The highest BCUT2D eigenvalue weighted by Crippen LogP contribution is 2.36. The van der Waals surface area contributed by atoms with E-state index in [0.29, 0.717) is 17.9 Å². The Labute approximate surface area is 160 Å². The summed E-state index contributed by atoms with van der Waals surface area (Å²) >= 11 is 0. The minimum Gasteiger partial charge on any atom is -0.469 e. The number of benzene rings is 1. The minimum absolute atomic E-state index is 0.125. The largest absolute Gasteiger partial charge is 0.469 e. The second kappa shape index (κ2) is 7.10. The molecule has 9 heteroatoms. The van der Waals surface area contributed by atoms with E-state index in [9.17, 15) is 14.9 Å². The van der Waals surface area contributed by atoms with Crippen LogP contribution in [0.3, 0.4) is 0 Å². The van der Waals surface area contributed by atoms with E-state index in [1.807, 2.05) is 12.1 Å². The molecule has 0 bridgehead atoms. The van der Waals surface area contributed by atoms with Crippen LogP contribution in [0.15, 0.2) is 48.8 Å². The van der Waals surface area contributed by atoms with Crippen LogP contribution in [0, 0.1) is 10.1 Å². The summed E-state index contributed by atoms with van der Waals surface area (Å²) in [5, 5.41) is 18.5. The molecule has 0 aliphatic heterocycles. The maximum Gasteiger partial charge on any atom is 0.313 e. The average Bonchev–Trinajstić information content (AvgIpc) is 3.37. The summed E-state index contributed by atoms with van der Waals surface area (Å²) in [5.41, 5.74) is 2.48. The van der Waals surface area contributed by atoms with Crippen molar-refractivity contribution in [2.75, 3.05) is 12.4 Å². The van der Waals surface area contributed by atoms with E-state index < -0.39 is 4.92 Å². The first-order valence-corrected chi connectivity index (χ1v) is 8.70. The third-order valence-electron chi connectivity index (χ3n) is 4.76. The van der Waals surface area contributed by atoms with Gasteiger partial charge in [0.05, 0.1) is 18.0 Å². The Morgan fingerprint density at radius 2 is 2.21 bits per heavy atom. The highest BCUT2D eigenvalue weighted by atomic mass is 16.6. The van der Waals surface area contributed by atoms with E-state index in [1.54, 1.807) is 30.6 Å². The normalized spacial score (nSPS) is 15.1. The van der Waals surface area contributed by atoms with E-state index in [0.717, 1.165) is 17.5 Å². The van der Waals surface area contributed by atoms with Gasteiger partial charge in [0, 0.05) is 24.1 Å². The molecule has 9 nitrogen and oxygen atoms in total. The second-order valence-corrected chi connectivity index (χ2v) is 6.40. The number of nitrogens with zero attached hydrogens (tertiary/aromatic N) is 4. The lowest BCUT2D eigenvalue weighted by Gasteiger charge is -2.12. The van der Waals surface area contributed by atoms with E-state index in [4.69, 9.17) is 4.74 Å². The number of nitro groups is 1. The molecule has 2 aromatic heterocycles. The van der Waals surface area contributed by atoms with E-state index in [1.165, 1.54) is 17.9 Å². The summed E-state index contributed by atoms with van der Waals surface area (Å²) in [7, 11) is 1.38. The molecule has 0 saturated heterocycles. The fourth-order valence-electron chi connectivity index (χ4n) is 3.43. The van der Waals surface area contributed by atoms with Gasteiger partial charge in [-0.1, -0.05) is 6.07 Å². The van der Waals surface area contributed by atoms with Crippen LogP contribution in [-0.2, 0) is 16.0 Å². The Morgan fingerprint density at radius 3 is 2.93 bits per heavy atom. The summed E-state index contributed by atoms with van der Waals surface area (Å²) in [6.07, 6.45) is 4.75. The Hall–Kier alpha value is -3.75. The van der Waals surface area contributed by atoms with Crippen LogP contribution in [-0.4, -0.2) is 32.8 Å². The van der Waals surface area contributed by atoms with Crippen LogP contribution in [0.4, 0.5) is 17.2 Å². The van der Waals surface area contributed by atoms with Crippen molar-refractivity contribution in [3.05, 3.63) is 70.0 Å². The number of esters is 1. The molecule has 1 aliphatic carbocycles. The lowest BCUT2D eigenvalue weighted by Crippen LogP contribution is -2.11. The molecule has 1 aromatic carbocycles. The number of pyridine rings is 1. The molecule has 1 atom stereocenters. The Kier molecular flexibility index (Phi) is 4.48. The van der Waals surface area contributed by atoms with Crippen molar-refractivity contribution in [1.29, 1.82) is 0 Å². The fraction of sp³-hybridized carbons (Fsp3) is 0.211. The maximum atomic E-state index is 11.9. The molecule has 0 spiro atoms. The molecule has 4 rings (SSSR count). The molecule has 0 amide bonds. The number of aromatic nitrogens is 3. The molecular weight excluding hydrogens is 362 g/mol. The zero-order valence-electron chi connectivity index (χ0n) is 15.0. The predicted octanol–water partition coefficient (Wildman–Crippen LogP) is 3.12. The first-order valence-electron chi connectivity index (χ1n) is 8.70. The average molecular weight is 379 g/mol. The highest BCUT2D eigenvalue weighted by molar-refractivity contribution is 5.80. The molecule has 2 heterocycles. The fourth-order valence-corrected chi connectivity index (χ4v) is 3.43. The molecule has 0 fully saturated rings. The summed E-state index contributed by atoms with van der Waals surface area (Å²) < 4.78 is 6.39. The minimum atomic E-state index is -0.483. The van der Waals surface area contributed by atoms with Crippen LogP contribution >= 0.6 is 0 Å². The van der Waals surface area contributed by atoms with Gasteiger partial charge in [0.25, 0.3) is 0 Å². The van der Waals surface area contributed by atoms with Crippen LogP contribution in [0.1, 0.15) is 23.5 Å². The number of aryl methyl sites for hydroxylation is 1. The lowest BCUT2D eigenvalue weighted by molar-refractivity contribution is -0.384. The van der Waals surface area contributed by atoms with Crippen molar-refractivity contribution in [3.63, 3.8) is 0 Å². The van der Waals surface area contributed by atoms with Crippen LogP contribution in [0.2, 0.25) is 0 Å². The van der Waals surface area contributed by atoms with Gasteiger partial charge in [-0.15, -0.1) is 0 Å². The molecule has 142 valence electrons. The molecule has 0 radical (unpaired) electrons. The summed E-state index contributed by atoms with van der Waals surface area (Å²) in [6, 6.07) is 10.2. The van der Waals surface area contributed by atoms with Gasteiger partial charge >= 0.3 is 11.7 Å². The van der Waals surface area contributed by atoms with Crippen molar-refractivity contribution in [2.45, 2.75) is 18.8 Å². The van der Waals surface area contributed by atoms with Gasteiger partial charge in [0.15, 0.2) is 5.82 Å². The first kappa shape index (κ1) is 17.7. The standard InChI is InChI=1S/C19H17N5O4/c1-28-19(25)15-5-3-12-11-13(4-6-14(12)15)21-18-16(24(26)27)7-8-17(22-18)23-10-2-9-20-23/h2,4,6-11,15H,3,5H2,1H3,(H,21,22). The van der Waals surface area contributed by atoms with Crippen LogP contribution in [0.25, 0.3) is 5.82 Å². The Bertz CT molecular complexity index is 1050. The van der Waals surface area contributed by atoms with E-state index in [2.05, 4.69) is 15.4 Å². The SMILES string of the molecule is COC(=O)C1CCc2cc(Nc3nc(-n4cccn4)ccc3[N+](=O)[O-])ccc21. The van der Waals surface area contributed by atoms with Gasteiger partial charge in [0.1, 0.15) is 0 Å². The molecule has 0 saturated carbocycles. The molecule has 1 aliphatic rings. The van der Waals surface area contributed by atoms with Crippen molar-refractivity contribution in [3.8, 4) is 5.82 Å². The summed E-state index contributed by atoms with van der Waals surface area (Å²) in [6.45, 7) is 0. The molecule has 1 unspecified atom stereocenters. The molecule has 28 heavy (non-hydrogen) atoms. The van der Waals surface area contributed by atoms with Crippen molar-refractivity contribution in [1.82, 2.24) is 14.8 Å². The molecular formula is C19H17N5O4. The highest BCUT2D eigenvalue weighted by Gasteiger charge is 2.29. The zero-order chi connectivity index (χ0) is 19.7. The quantitative estimate of drug-likeness (QED) is 0.412. The lowest BCUT2D eigenvalue weighted by atomic mass is 10.0. The number of methoxy groups -OCH3 is 1. The third-order valence-corrected chi connectivity index (χ3v) is 4.76. The maximum absolute atomic E-state index is 11.9. The first-order chi connectivity index (χ1) is 13.6. The monoisotopic (exact) mass is 379 g/mol. The van der Waals surface area contributed by atoms with E-state index in [-0.39, 0.29) is 23.4 Å². The number of hydrogen-bond acceptors (Lipinski definition) is 7. The van der Waals surface area contributed by atoms with Gasteiger partial charge in [-0.25, -0.2) is 9.67 Å². The number of ether oxygens (including phenoxy) is 1. The van der Waals surface area contributed by atoms with Crippen molar-refractivity contribution >= 4 is 23.2 Å². The number of carbonyl (C=O) groups is 1.